The molecule has 0 radical (unpaired) electrons. The van der Waals surface area contributed by atoms with E-state index in [1.54, 1.807) is 0 Å². The number of aromatic amines is 2. The van der Waals surface area contributed by atoms with Crippen LogP contribution in [0.5, 0.6) is 0 Å². The van der Waals surface area contributed by atoms with Crippen LogP contribution in [0.2, 0.25) is 0 Å². The molecule has 0 saturated carbocycles. The van der Waals surface area contributed by atoms with Crippen molar-refractivity contribution in [1.82, 2.24) is 29.2 Å². The van der Waals surface area contributed by atoms with Crippen molar-refractivity contribution < 1.29 is 53.2 Å². The highest BCUT2D eigenvalue weighted by atomic mass is 31.2. The predicted octanol–water partition coefficient (Wildman–Crippen LogP) is -4.70. The number of phosphoric acid groups is 1. The molecule has 2 aliphatic rings. The van der Waals surface area contributed by atoms with Crippen LogP contribution < -0.4 is 21.6 Å². The Hall–Kier alpha value is -3.30. The molecular formula is C19H23N6O14P. The van der Waals surface area contributed by atoms with E-state index in [9.17, 15) is 44.3 Å². The van der Waals surface area contributed by atoms with Crippen LogP contribution in [0.3, 0.4) is 0 Å². The van der Waals surface area contributed by atoms with Gasteiger partial charge in [-0.25, -0.2) is 19.3 Å². The second-order valence-electron chi connectivity index (χ2n) is 8.69. The Morgan fingerprint density at radius 2 is 1.85 bits per heavy atom. The number of fused-ring (bicyclic) bond motifs is 1. The second-order valence-corrected chi connectivity index (χ2v) is 10.1. The van der Waals surface area contributed by atoms with Gasteiger partial charge in [0.05, 0.1) is 19.5 Å². The third-order valence-electron chi connectivity index (χ3n) is 6.12. The molecule has 20 nitrogen and oxygen atoms in total. The smallest absolute Gasteiger partial charge is 0.394 e. The fourth-order valence-electron chi connectivity index (χ4n) is 4.16. The summed E-state index contributed by atoms with van der Waals surface area (Å²) in [5.41, 5.74) is -2.31. The first-order valence-corrected chi connectivity index (χ1v) is 13.0. The van der Waals surface area contributed by atoms with E-state index in [0.717, 1.165) is 34.2 Å². The van der Waals surface area contributed by atoms with Crippen LogP contribution in [-0.4, -0.2) is 111 Å². The lowest BCUT2D eigenvalue weighted by molar-refractivity contribution is -0.169. The van der Waals surface area contributed by atoms with Gasteiger partial charge >= 0.3 is 13.5 Å². The third kappa shape index (κ3) is 5.37. The lowest BCUT2D eigenvalue weighted by Crippen LogP contribution is -2.39. The van der Waals surface area contributed by atoms with Crippen molar-refractivity contribution in [3.8, 4) is 0 Å². The number of H-pyrrole nitrogens is 2. The average molecular weight is 590 g/mol. The van der Waals surface area contributed by atoms with Crippen LogP contribution in [0.1, 0.15) is 6.23 Å². The Labute approximate surface area is 220 Å². The lowest BCUT2D eigenvalue weighted by Gasteiger charge is -2.23. The number of nitrogens with zero attached hydrogens (tertiary/aromatic N) is 4. The van der Waals surface area contributed by atoms with Gasteiger partial charge in [0, 0.05) is 12.3 Å². The van der Waals surface area contributed by atoms with Crippen molar-refractivity contribution in [2.24, 2.45) is 0 Å². The zero-order valence-corrected chi connectivity index (χ0v) is 20.9. The molecule has 2 fully saturated rings. The minimum Gasteiger partial charge on any atom is -0.394 e. The molecule has 218 valence electrons. The summed E-state index contributed by atoms with van der Waals surface area (Å²) in [4.78, 5) is 62.8. The summed E-state index contributed by atoms with van der Waals surface area (Å²) in [6.07, 6.45) is -9.45. The van der Waals surface area contributed by atoms with Gasteiger partial charge in [0.25, 0.3) is 17.4 Å². The van der Waals surface area contributed by atoms with Crippen molar-refractivity contribution in [2.45, 2.75) is 49.1 Å². The highest BCUT2D eigenvalue weighted by Gasteiger charge is 2.50. The minimum atomic E-state index is -5.05. The monoisotopic (exact) mass is 590 g/mol. The van der Waals surface area contributed by atoms with Gasteiger partial charge in [-0.2, -0.15) is 0 Å². The molecule has 0 spiro atoms. The summed E-state index contributed by atoms with van der Waals surface area (Å²) >= 11 is 0. The standard InChI is InChI=1S/C19H23N6O14P/c26-3-7-14(13(30)18(37-7)38-25-6-22-10-15(25)20-5-21-16(10)31)39-40(33,34)35-4-8-11(28)12(29)17(36-8)24-2-1-9(27)23-19(24)32/h1-2,5-8,11-14,17-18,26,28-30H,3-4H2,(H,33,34)(H,20,21,31)(H,23,27,32)/t7-,8-,11-,12-,13-,14-,17-,18+/m1/s1. The van der Waals surface area contributed by atoms with Crippen LogP contribution in [0.25, 0.3) is 11.2 Å². The molecule has 7 N–H and O–H groups in total. The molecule has 0 aliphatic carbocycles. The molecule has 40 heavy (non-hydrogen) atoms. The zero-order valence-electron chi connectivity index (χ0n) is 20.0. The van der Waals surface area contributed by atoms with Crippen molar-refractivity contribution >= 4 is 19.0 Å². The van der Waals surface area contributed by atoms with E-state index in [-0.39, 0.29) is 11.2 Å². The first kappa shape index (κ1) is 28.2. The number of nitrogens with one attached hydrogen (secondary N) is 2. The van der Waals surface area contributed by atoms with Gasteiger partial charge in [-0.1, -0.05) is 0 Å². The molecule has 3 aromatic heterocycles. The molecule has 9 atom stereocenters. The number of imidazole rings is 1. The topological polar surface area (TPSA) is 283 Å². The SMILES string of the molecule is O=c1ccn([C@@H]2O[C@H](COP(=O)(O)O[C@H]3[C@@H](O)[C@H](On4cnc5c(=O)[nH]cnc54)O[C@@H]3CO)[C@@H](O)[C@H]2O)c(=O)[nH]1. The molecule has 5 heterocycles. The molecule has 3 aromatic rings. The maximum absolute atomic E-state index is 12.7. The van der Waals surface area contributed by atoms with E-state index in [1.165, 1.54) is 0 Å². The van der Waals surface area contributed by atoms with Crippen LogP contribution in [0.15, 0.2) is 39.3 Å². The number of aliphatic hydroxyl groups is 4. The number of rotatable bonds is 9. The number of aromatic nitrogens is 6. The van der Waals surface area contributed by atoms with Gasteiger partial charge < -0.3 is 44.6 Å². The maximum atomic E-state index is 12.7. The van der Waals surface area contributed by atoms with Crippen LogP contribution in [0, 0.1) is 0 Å². The van der Waals surface area contributed by atoms with Crippen LogP contribution in [-0.2, 0) is 23.1 Å². The van der Waals surface area contributed by atoms with E-state index >= 15 is 0 Å². The third-order valence-corrected chi connectivity index (χ3v) is 7.10. The molecule has 1 unspecified atom stereocenters. The molecule has 2 aliphatic heterocycles. The highest BCUT2D eigenvalue weighted by molar-refractivity contribution is 7.47. The van der Waals surface area contributed by atoms with E-state index in [4.69, 9.17) is 23.4 Å². The summed E-state index contributed by atoms with van der Waals surface area (Å²) in [5, 5.41) is 40.9. The van der Waals surface area contributed by atoms with Crippen molar-refractivity contribution in [1.29, 1.82) is 0 Å². The molecule has 0 bridgehead atoms. The Bertz CT molecular complexity index is 1590. The quantitative estimate of drug-likeness (QED) is 0.115. The minimum absolute atomic E-state index is 0.0274. The summed E-state index contributed by atoms with van der Waals surface area (Å²) in [7, 11) is -5.05. The van der Waals surface area contributed by atoms with E-state index in [0.29, 0.717) is 0 Å². The molecular weight excluding hydrogens is 567 g/mol. The first-order valence-electron chi connectivity index (χ1n) is 11.5. The average Bonchev–Trinajstić information content (AvgIpc) is 3.54. The first-order chi connectivity index (χ1) is 19.0. The highest BCUT2D eigenvalue weighted by Crippen LogP contribution is 2.48. The van der Waals surface area contributed by atoms with Crippen molar-refractivity contribution in [2.75, 3.05) is 13.2 Å². The van der Waals surface area contributed by atoms with Crippen LogP contribution in [0.4, 0.5) is 0 Å². The second kappa shape index (κ2) is 10.9. The summed E-state index contributed by atoms with van der Waals surface area (Å²) in [5.74, 6) is 0. The van der Waals surface area contributed by atoms with Crippen molar-refractivity contribution in [3.63, 3.8) is 0 Å². The number of aliphatic hydroxyl groups excluding tert-OH is 4. The maximum Gasteiger partial charge on any atom is 0.472 e. The number of ether oxygens (including phenoxy) is 2. The Kier molecular flexibility index (Phi) is 7.72. The fraction of sp³-hybridized carbons (Fsp3) is 0.526. The van der Waals surface area contributed by atoms with Crippen LogP contribution >= 0.6 is 7.82 Å². The Morgan fingerprint density at radius 1 is 1.07 bits per heavy atom. The molecule has 0 aromatic carbocycles. The molecule has 21 heteroatoms. The van der Waals surface area contributed by atoms with E-state index in [2.05, 4.69) is 15.0 Å². The molecule has 2 saturated heterocycles. The van der Waals surface area contributed by atoms with Gasteiger partial charge in [0.15, 0.2) is 11.7 Å². The lowest BCUT2D eigenvalue weighted by atomic mass is 10.1. The summed E-state index contributed by atoms with van der Waals surface area (Å²) in [6, 6.07) is 0.985. The summed E-state index contributed by atoms with van der Waals surface area (Å²) < 4.78 is 35.0. The fourth-order valence-corrected chi connectivity index (χ4v) is 5.12. The number of hydrogen-bond donors (Lipinski definition) is 7. The Balaban J connectivity index is 1.23. The number of hydrogen-bond acceptors (Lipinski definition) is 15. The molecule has 0 amide bonds. The van der Waals surface area contributed by atoms with Gasteiger partial charge in [-0.05, 0) is 0 Å². The predicted molar refractivity (Wildman–Crippen MR) is 124 cm³/mol. The van der Waals surface area contributed by atoms with Crippen molar-refractivity contribution in [3.05, 3.63) is 56.1 Å². The van der Waals surface area contributed by atoms with Gasteiger partial charge in [-0.15, -0.1) is 4.73 Å². The van der Waals surface area contributed by atoms with Gasteiger partial charge in [0.2, 0.25) is 5.65 Å². The zero-order chi connectivity index (χ0) is 28.8. The molecule has 5 rings (SSSR count). The Morgan fingerprint density at radius 3 is 2.58 bits per heavy atom. The van der Waals surface area contributed by atoms with Gasteiger partial charge in [0.1, 0.15) is 43.0 Å². The summed E-state index contributed by atoms with van der Waals surface area (Å²) in [6.45, 7) is -1.61. The van der Waals surface area contributed by atoms with E-state index in [1.807, 2.05) is 4.98 Å². The number of phosphoric ester groups is 1. The largest absolute Gasteiger partial charge is 0.472 e. The van der Waals surface area contributed by atoms with E-state index < -0.39 is 87.0 Å². The van der Waals surface area contributed by atoms with Gasteiger partial charge in [-0.3, -0.25) is 28.2 Å². The normalized spacial score (nSPS) is 31.9.